The second-order valence-corrected chi connectivity index (χ2v) is 14.7. The van der Waals surface area contributed by atoms with Gasteiger partial charge in [-0.2, -0.15) is 9.97 Å². The summed E-state index contributed by atoms with van der Waals surface area (Å²) in [5.41, 5.74) is 4.23. The van der Waals surface area contributed by atoms with Crippen LogP contribution in [-0.2, 0) is 0 Å². The van der Waals surface area contributed by atoms with E-state index in [1.807, 2.05) is 6.07 Å². The number of unbranched alkanes of at least 4 members (excludes halogenated alkanes) is 3. The molecule has 0 saturated heterocycles. The lowest BCUT2D eigenvalue weighted by molar-refractivity contribution is 0.144. The van der Waals surface area contributed by atoms with E-state index in [4.69, 9.17) is 9.97 Å². The average molecular weight is 540 g/mol. The Labute approximate surface area is 233 Å². The molecule has 0 saturated carbocycles. The molecule has 1 aliphatic carbocycles. The number of fused-ring (bicyclic) bond motifs is 8. The summed E-state index contributed by atoms with van der Waals surface area (Å²) in [4.78, 5) is 5.10. The van der Waals surface area contributed by atoms with Crippen molar-refractivity contribution in [1.82, 2.24) is 0 Å². The molecule has 204 valence electrons. The molecule has 0 aliphatic heterocycles. The molecule has 4 nitrogen and oxygen atoms in total. The topological polar surface area (TPSA) is 57.3 Å². The highest BCUT2D eigenvalue weighted by Gasteiger charge is 2.35. The van der Waals surface area contributed by atoms with Crippen molar-refractivity contribution in [2.24, 2.45) is 15.2 Å². The van der Waals surface area contributed by atoms with Gasteiger partial charge in [0, 0.05) is 7.05 Å². The predicted octanol–water partition coefficient (Wildman–Crippen LogP) is 10.7. The lowest BCUT2D eigenvalue weighted by Crippen LogP contribution is -2.17. The normalized spacial score (nSPS) is 17.0. The summed E-state index contributed by atoms with van der Waals surface area (Å²) in [5.74, 6) is 0. The molecule has 39 heavy (non-hydrogen) atoms. The van der Waals surface area contributed by atoms with Crippen LogP contribution in [0.4, 0.5) is 0 Å². The summed E-state index contributed by atoms with van der Waals surface area (Å²) >= 11 is 0. The Morgan fingerprint density at radius 1 is 0.667 bits per heavy atom. The standard InChI is InChI=1S/C34H42N3OP/c1-4-7-22-39(23-8-5-2,24-9-6-3)37-36-35-33-30-21-15-14-20-29(30)31-27-18-12-10-16-25(27)26-17-11-13-19-28(26)32(31)34(33)38/h10-21,33-34,38H,4-9,22-24H2,1-3H3/t33-,34-/m1/s1. The van der Waals surface area contributed by atoms with Gasteiger partial charge in [0.05, 0.1) is 0 Å². The second kappa shape index (κ2) is 12.6. The van der Waals surface area contributed by atoms with Crippen LogP contribution in [0.2, 0.25) is 0 Å². The van der Waals surface area contributed by atoms with Crippen molar-refractivity contribution in [3.05, 3.63) is 83.9 Å². The summed E-state index contributed by atoms with van der Waals surface area (Å²) in [5, 5.41) is 26.1. The van der Waals surface area contributed by atoms with Crippen LogP contribution in [0.3, 0.4) is 0 Å². The molecular weight excluding hydrogens is 497 g/mol. The molecule has 1 aliphatic rings. The van der Waals surface area contributed by atoms with Gasteiger partial charge in [-0.15, -0.1) is 0 Å². The van der Waals surface area contributed by atoms with Gasteiger partial charge in [0.1, 0.15) is 12.1 Å². The number of aliphatic hydroxyl groups is 1. The molecule has 0 spiro atoms. The van der Waals surface area contributed by atoms with Gasteiger partial charge in [-0.05, 0) is 81.5 Å². The molecular formula is C34H42N3OP. The molecule has 0 fully saturated rings. The highest BCUT2D eigenvalue weighted by atomic mass is 31.2. The maximum Gasteiger partial charge on any atom is 0.129 e. The number of hydrogen-bond donors (Lipinski definition) is 1. The molecule has 4 aromatic carbocycles. The van der Waals surface area contributed by atoms with Gasteiger partial charge in [0.2, 0.25) is 0 Å². The quantitative estimate of drug-likeness (QED) is 0.0876. The summed E-state index contributed by atoms with van der Waals surface area (Å²) in [6, 6.07) is 24.9. The minimum absolute atomic E-state index is 0.479. The van der Waals surface area contributed by atoms with Crippen molar-refractivity contribution in [2.75, 3.05) is 18.5 Å². The van der Waals surface area contributed by atoms with E-state index in [-0.39, 0.29) is 0 Å². The fourth-order valence-electron chi connectivity index (χ4n) is 6.19. The van der Waals surface area contributed by atoms with E-state index in [0.717, 1.165) is 51.5 Å². The first-order valence-corrected chi connectivity index (χ1v) is 17.1. The SMILES string of the molecule is CCCCP(CCCC)(CCCC)=NN=N[C@@H]1c2ccccc2-c2c(c3ccccc3c3ccccc23)[C@H]1O. The molecule has 0 unspecified atom stereocenters. The Hall–Kier alpha value is -2.81. The van der Waals surface area contributed by atoms with Crippen LogP contribution in [0.25, 0.3) is 32.7 Å². The maximum atomic E-state index is 12.0. The lowest BCUT2D eigenvalue weighted by atomic mass is 9.76. The van der Waals surface area contributed by atoms with E-state index in [1.165, 1.54) is 49.3 Å². The monoisotopic (exact) mass is 539 g/mol. The maximum absolute atomic E-state index is 12.0. The first-order chi connectivity index (χ1) is 19.1. The average Bonchev–Trinajstić information content (AvgIpc) is 2.98. The van der Waals surface area contributed by atoms with Crippen LogP contribution < -0.4 is 0 Å². The molecule has 0 amide bonds. The van der Waals surface area contributed by atoms with Gasteiger partial charge in [-0.25, -0.2) is 0 Å². The molecule has 0 radical (unpaired) electrons. The zero-order valence-electron chi connectivity index (χ0n) is 23.7. The number of benzene rings is 4. The van der Waals surface area contributed by atoms with Gasteiger partial charge in [-0.1, -0.05) is 118 Å². The van der Waals surface area contributed by atoms with Gasteiger partial charge in [-0.3, -0.25) is 0 Å². The fraction of sp³-hybridized carbons (Fsp3) is 0.412. The Morgan fingerprint density at radius 3 is 1.79 bits per heavy atom. The first-order valence-electron chi connectivity index (χ1n) is 14.8. The van der Waals surface area contributed by atoms with Crippen molar-refractivity contribution in [3.63, 3.8) is 0 Å². The van der Waals surface area contributed by atoms with Crippen LogP contribution in [0.5, 0.6) is 0 Å². The van der Waals surface area contributed by atoms with Crippen LogP contribution in [-0.4, -0.2) is 23.6 Å². The minimum Gasteiger partial charge on any atom is -0.386 e. The van der Waals surface area contributed by atoms with Crippen molar-refractivity contribution in [2.45, 2.75) is 71.4 Å². The van der Waals surface area contributed by atoms with Gasteiger partial charge in [0.25, 0.3) is 0 Å². The molecule has 0 aromatic heterocycles. The number of nitrogens with zero attached hydrogens (tertiary/aromatic N) is 3. The largest absolute Gasteiger partial charge is 0.386 e. The fourth-order valence-corrected chi connectivity index (χ4v) is 10.1. The Morgan fingerprint density at radius 2 is 1.18 bits per heavy atom. The van der Waals surface area contributed by atoms with E-state index in [9.17, 15) is 5.11 Å². The third-order valence-electron chi connectivity index (χ3n) is 8.31. The van der Waals surface area contributed by atoms with Crippen LogP contribution in [0.15, 0.2) is 88.0 Å². The molecule has 0 bridgehead atoms. The van der Waals surface area contributed by atoms with Crippen LogP contribution in [0.1, 0.15) is 82.6 Å². The first kappa shape index (κ1) is 27.7. The number of hydrogen-bond acceptors (Lipinski definition) is 2. The van der Waals surface area contributed by atoms with Crippen LogP contribution >= 0.6 is 7.05 Å². The van der Waals surface area contributed by atoms with E-state index in [1.54, 1.807) is 0 Å². The highest BCUT2D eigenvalue weighted by molar-refractivity contribution is 7.66. The van der Waals surface area contributed by atoms with Crippen molar-refractivity contribution in [1.29, 1.82) is 0 Å². The number of aliphatic hydroxyl groups excluding tert-OH is 1. The summed E-state index contributed by atoms with van der Waals surface area (Å²) in [6.45, 7) is 6.78. The molecule has 2 atom stereocenters. The highest BCUT2D eigenvalue weighted by Crippen LogP contribution is 2.54. The third-order valence-corrected chi connectivity index (χ3v) is 12.2. The Bertz CT molecular complexity index is 1500. The minimum atomic E-state index is -1.57. The molecule has 0 heterocycles. The van der Waals surface area contributed by atoms with Crippen molar-refractivity contribution in [3.8, 4) is 11.1 Å². The summed E-state index contributed by atoms with van der Waals surface area (Å²) in [7, 11) is -1.57. The van der Waals surface area contributed by atoms with E-state index in [2.05, 4.69) is 92.7 Å². The lowest BCUT2D eigenvalue weighted by Gasteiger charge is -2.31. The molecule has 5 rings (SSSR count). The Balaban J connectivity index is 1.65. The second-order valence-electron chi connectivity index (χ2n) is 11.0. The summed E-state index contributed by atoms with van der Waals surface area (Å²) < 4.78 is 0. The van der Waals surface area contributed by atoms with E-state index >= 15 is 0 Å². The molecule has 1 N–H and O–H groups in total. The third kappa shape index (κ3) is 5.47. The molecule has 5 heteroatoms. The zero-order chi connectivity index (χ0) is 27.2. The zero-order valence-corrected chi connectivity index (χ0v) is 24.6. The summed E-state index contributed by atoms with van der Waals surface area (Å²) in [6.07, 6.45) is 9.81. The van der Waals surface area contributed by atoms with Crippen molar-refractivity contribution < 1.29 is 5.11 Å². The smallest absolute Gasteiger partial charge is 0.129 e. The van der Waals surface area contributed by atoms with Gasteiger partial charge < -0.3 is 5.11 Å². The number of rotatable bonds is 11. The van der Waals surface area contributed by atoms with E-state index < -0.39 is 19.2 Å². The van der Waals surface area contributed by atoms with Gasteiger partial charge >= 0.3 is 0 Å². The predicted molar refractivity (Wildman–Crippen MR) is 168 cm³/mol. The van der Waals surface area contributed by atoms with Crippen LogP contribution in [0, 0.1) is 0 Å². The van der Waals surface area contributed by atoms with E-state index in [0.29, 0.717) is 0 Å². The van der Waals surface area contributed by atoms with Gasteiger partial charge in [0.15, 0.2) is 0 Å². The molecule has 4 aromatic rings. The Kier molecular flexibility index (Phi) is 8.95. The van der Waals surface area contributed by atoms with Crippen molar-refractivity contribution >= 4 is 28.6 Å².